The summed E-state index contributed by atoms with van der Waals surface area (Å²) in [5.74, 6) is -0.255. The normalized spacial score (nSPS) is 12.0. The number of benzene rings is 1. The van der Waals surface area contributed by atoms with Gasteiger partial charge in [0.05, 0.1) is 14.2 Å². The number of ether oxygens (including phenoxy) is 2. The molecule has 4 N–H and O–H groups in total. The number of hydrogen-bond donors (Lipinski definition) is 3. The van der Waals surface area contributed by atoms with Crippen molar-refractivity contribution in [2.24, 2.45) is 5.73 Å². The van der Waals surface area contributed by atoms with Crippen molar-refractivity contribution in [1.82, 2.24) is 5.32 Å². The van der Waals surface area contributed by atoms with E-state index in [-0.39, 0.29) is 11.7 Å². The van der Waals surface area contributed by atoms with Crippen molar-refractivity contribution < 1.29 is 24.2 Å². The molecule has 0 heterocycles. The predicted octanol–water partition coefficient (Wildman–Crippen LogP) is 1.20. The highest BCUT2D eigenvalue weighted by Gasteiger charge is 2.12. The number of methoxy groups -OCH3 is 2. The Bertz CT molecular complexity index is 586. The molecule has 7 heteroatoms. The molecule has 1 amide bonds. The Morgan fingerprint density at radius 2 is 2.08 bits per heavy atom. The first kappa shape index (κ1) is 19.5. The molecule has 0 bridgehead atoms. The summed E-state index contributed by atoms with van der Waals surface area (Å²) in [6.07, 6.45) is 4.99. The molecule has 1 aromatic carbocycles. The third-order valence-electron chi connectivity index (χ3n) is 3.38. The van der Waals surface area contributed by atoms with E-state index in [1.54, 1.807) is 18.2 Å². The molecule has 0 saturated carbocycles. The fraction of sp³-hybridized carbons (Fsp3) is 0.412. The molecule has 1 unspecified atom stereocenters. The first-order chi connectivity index (χ1) is 11.5. The highest BCUT2D eigenvalue weighted by Crippen LogP contribution is 2.26. The molecule has 1 rings (SSSR count). The van der Waals surface area contributed by atoms with Crippen LogP contribution in [0.25, 0.3) is 6.08 Å². The maximum atomic E-state index is 11.7. The van der Waals surface area contributed by atoms with Gasteiger partial charge >= 0.3 is 5.97 Å². The van der Waals surface area contributed by atoms with Crippen molar-refractivity contribution in [2.45, 2.75) is 25.3 Å². The van der Waals surface area contributed by atoms with E-state index in [1.807, 2.05) is 0 Å². The molecular formula is C17H24N2O5. The number of unbranched alkanes of at least 4 members (excludes halogenated alkanes) is 1. The van der Waals surface area contributed by atoms with Gasteiger partial charge in [-0.05, 0) is 43.0 Å². The first-order valence-corrected chi connectivity index (χ1v) is 7.64. The van der Waals surface area contributed by atoms with Crippen molar-refractivity contribution in [3.8, 4) is 11.5 Å². The summed E-state index contributed by atoms with van der Waals surface area (Å²) in [7, 11) is 2.76. The minimum atomic E-state index is -0.616. The van der Waals surface area contributed by atoms with Crippen LogP contribution in [0.5, 0.6) is 11.5 Å². The number of nitrogens with two attached hydrogens (primary N) is 1. The van der Waals surface area contributed by atoms with Gasteiger partial charge in [-0.1, -0.05) is 6.07 Å². The Hall–Kier alpha value is -2.54. The van der Waals surface area contributed by atoms with Crippen molar-refractivity contribution in [2.75, 3.05) is 20.8 Å². The lowest BCUT2D eigenvalue weighted by molar-refractivity contribution is -0.142. The van der Waals surface area contributed by atoms with Crippen LogP contribution < -0.4 is 15.8 Å². The highest BCUT2D eigenvalue weighted by molar-refractivity contribution is 5.91. The van der Waals surface area contributed by atoms with E-state index in [4.69, 9.17) is 10.5 Å². The summed E-state index contributed by atoms with van der Waals surface area (Å²) >= 11 is 0. The molecule has 0 spiro atoms. The Kier molecular flexibility index (Phi) is 8.35. The number of esters is 1. The van der Waals surface area contributed by atoms with Crippen LogP contribution in [0, 0.1) is 0 Å². The third kappa shape index (κ3) is 6.70. The minimum Gasteiger partial charge on any atom is -0.504 e. The molecule has 0 fully saturated rings. The molecule has 132 valence electrons. The zero-order valence-electron chi connectivity index (χ0n) is 14.0. The molecule has 0 saturated heterocycles. The quantitative estimate of drug-likeness (QED) is 0.355. The van der Waals surface area contributed by atoms with Gasteiger partial charge < -0.3 is 25.6 Å². The summed E-state index contributed by atoms with van der Waals surface area (Å²) in [6, 6.07) is 4.19. The van der Waals surface area contributed by atoms with Crippen LogP contribution in [0.3, 0.4) is 0 Å². The lowest BCUT2D eigenvalue weighted by Crippen LogP contribution is -2.31. The molecule has 24 heavy (non-hydrogen) atoms. The zero-order chi connectivity index (χ0) is 17.9. The molecule has 0 aliphatic rings. The van der Waals surface area contributed by atoms with Gasteiger partial charge in [-0.15, -0.1) is 0 Å². The maximum Gasteiger partial charge on any atom is 0.322 e. The van der Waals surface area contributed by atoms with E-state index in [1.165, 1.54) is 26.4 Å². The van der Waals surface area contributed by atoms with Gasteiger partial charge in [-0.2, -0.15) is 0 Å². The van der Waals surface area contributed by atoms with Crippen molar-refractivity contribution in [3.63, 3.8) is 0 Å². The van der Waals surface area contributed by atoms with Crippen LogP contribution in [0.1, 0.15) is 24.8 Å². The number of aromatic hydroxyl groups is 1. The monoisotopic (exact) mass is 336 g/mol. The number of amides is 1. The average Bonchev–Trinajstić information content (AvgIpc) is 2.59. The van der Waals surface area contributed by atoms with E-state index < -0.39 is 12.0 Å². The molecule has 1 aromatic rings. The number of phenolic OH excluding ortho intramolecular Hbond substituents is 1. The topological polar surface area (TPSA) is 111 Å². The lowest BCUT2D eigenvalue weighted by Gasteiger charge is -2.08. The Labute approximate surface area is 141 Å². The second kappa shape index (κ2) is 10.3. The summed E-state index contributed by atoms with van der Waals surface area (Å²) in [6.45, 7) is 0.496. The Balaban J connectivity index is 2.30. The van der Waals surface area contributed by atoms with Gasteiger partial charge in [0, 0.05) is 12.6 Å². The number of nitrogens with one attached hydrogen (secondary N) is 1. The second-order valence-electron chi connectivity index (χ2n) is 5.18. The summed E-state index contributed by atoms with van der Waals surface area (Å²) in [4.78, 5) is 22.8. The van der Waals surface area contributed by atoms with E-state index in [0.717, 1.165) is 18.4 Å². The van der Waals surface area contributed by atoms with Crippen LogP contribution in [0.15, 0.2) is 24.3 Å². The number of carbonyl (C=O) groups excluding carboxylic acids is 2. The fourth-order valence-electron chi connectivity index (χ4n) is 2.00. The second-order valence-corrected chi connectivity index (χ2v) is 5.18. The molecule has 0 aliphatic carbocycles. The number of carbonyl (C=O) groups is 2. The zero-order valence-corrected chi connectivity index (χ0v) is 14.0. The standard InChI is InChI=1S/C17H24N2O5/c1-23-15-11-12(6-8-14(15)20)7-9-16(21)19-10-4-3-5-13(18)17(22)24-2/h6-9,11,13,20H,3-5,10,18H2,1-2H3,(H,19,21)/b9-7+. The van der Waals surface area contributed by atoms with E-state index in [0.29, 0.717) is 18.7 Å². The van der Waals surface area contributed by atoms with E-state index in [9.17, 15) is 14.7 Å². The van der Waals surface area contributed by atoms with Crippen molar-refractivity contribution in [3.05, 3.63) is 29.8 Å². The molecule has 0 radical (unpaired) electrons. The molecule has 0 aliphatic heterocycles. The Morgan fingerprint density at radius 1 is 1.33 bits per heavy atom. The smallest absolute Gasteiger partial charge is 0.322 e. The maximum absolute atomic E-state index is 11.7. The predicted molar refractivity (Wildman–Crippen MR) is 90.5 cm³/mol. The van der Waals surface area contributed by atoms with Gasteiger partial charge in [0.1, 0.15) is 6.04 Å². The summed E-state index contributed by atoms with van der Waals surface area (Å²) in [5.41, 5.74) is 6.35. The minimum absolute atomic E-state index is 0.0456. The van der Waals surface area contributed by atoms with Crippen LogP contribution in [-0.4, -0.2) is 43.8 Å². The van der Waals surface area contributed by atoms with Gasteiger partial charge in [-0.3, -0.25) is 9.59 Å². The van der Waals surface area contributed by atoms with Gasteiger partial charge in [-0.25, -0.2) is 0 Å². The number of phenols is 1. The SMILES string of the molecule is COC(=O)C(N)CCCCNC(=O)/C=C/c1ccc(O)c(OC)c1. The molecule has 1 atom stereocenters. The van der Waals surface area contributed by atoms with Crippen molar-refractivity contribution in [1.29, 1.82) is 0 Å². The Morgan fingerprint density at radius 3 is 2.75 bits per heavy atom. The third-order valence-corrected chi connectivity index (χ3v) is 3.38. The number of hydrogen-bond acceptors (Lipinski definition) is 6. The van der Waals surface area contributed by atoms with Crippen LogP contribution >= 0.6 is 0 Å². The van der Waals surface area contributed by atoms with Crippen LogP contribution in [0.2, 0.25) is 0 Å². The molecule has 0 aromatic heterocycles. The van der Waals surface area contributed by atoms with Crippen LogP contribution in [0.4, 0.5) is 0 Å². The van der Waals surface area contributed by atoms with Gasteiger partial charge in [0.2, 0.25) is 5.91 Å². The number of rotatable bonds is 9. The van der Waals surface area contributed by atoms with E-state index >= 15 is 0 Å². The van der Waals surface area contributed by atoms with Gasteiger partial charge in [0.15, 0.2) is 11.5 Å². The fourth-order valence-corrected chi connectivity index (χ4v) is 2.00. The molecular weight excluding hydrogens is 312 g/mol. The lowest BCUT2D eigenvalue weighted by atomic mass is 10.1. The van der Waals surface area contributed by atoms with Crippen LogP contribution in [-0.2, 0) is 14.3 Å². The van der Waals surface area contributed by atoms with Gasteiger partial charge in [0.25, 0.3) is 0 Å². The summed E-state index contributed by atoms with van der Waals surface area (Å²) in [5, 5.41) is 12.2. The average molecular weight is 336 g/mol. The largest absolute Gasteiger partial charge is 0.504 e. The highest BCUT2D eigenvalue weighted by atomic mass is 16.5. The van der Waals surface area contributed by atoms with Crippen molar-refractivity contribution >= 4 is 18.0 Å². The first-order valence-electron chi connectivity index (χ1n) is 7.64. The summed E-state index contributed by atoms with van der Waals surface area (Å²) < 4.78 is 9.54. The van der Waals surface area contributed by atoms with E-state index in [2.05, 4.69) is 10.1 Å². The molecule has 7 nitrogen and oxygen atoms in total.